The highest BCUT2D eigenvalue weighted by Gasteiger charge is 1.97. The molecule has 0 spiro atoms. The second-order valence-electron chi connectivity index (χ2n) is 3.14. The fraction of sp³-hybridized carbons (Fsp3) is 0.167. The molecule has 0 saturated carbocycles. The number of fused-ring (bicyclic) bond motifs is 1. The molecule has 0 aromatic heterocycles. The molecule has 59 valence electrons. The predicted octanol–water partition coefficient (Wildman–Crippen LogP) is 3.26. The number of aryl methyl sites for hydroxylation is 2. The van der Waals surface area contributed by atoms with E-state index in [1.165, 1.54) is 21.9 Å². The smallest absolute Gasteiger partial charge is 0.0119 e. The Labute approximate surface area is 72.8 Å². The summed E-state index contributed by atoms with van der Waals surface area (Å²) in [6.07, 6.45) is 0. The summed E-state index contributed by atoms with van der Waals surface area (Å²) >= 11 is 0. The van der Waals surface area contributed by atoms with Crippen LogP contribution in [-0.2, 0) is 0 Å². The van der Waals surface area contributed by atoms with Crippen molar-refractivity contribution in [1.82, 2.24) is 0 Å². The molecule has 0 saturated heterocycles. The van der Waals surface area contributed by atoms with Crippen molar-refractivity contribution in [2.24, 2.45) is 0 Å². The topological polar surface area (TPSA) is 0 Å². The minimum absolute atomic E-state index is 1.24. The highest BCUT2D eigenvalue weighted by Crippen LogP contribution is 2.20. The molecule has 0 heteroatoms. The van der Waals surface area contributed by atoms with Gasteiger partial charge in [0.05, 0.1) is 0 Å². The Hall–Kier alpha value is -1.30. The molecule has 1 radical (unpaired) electrons. The van der Waals surface area contributed by atoms with Crippen molar-refractivity contribution >= 4 is 10.8 Å². The molecule has 0 aliphatic carbocycles. The van der Waals surface area contributed by atoms with Crippen LogP contribution in [0.1, 0.15) is 11.1 Å². The lowest BCUT2D eigenvalue weighted by Gasteiger charge is -2.03. The number of hydrogen-bond donors (Lipinski definition) is 0. The van der Waals surface area contributed by atoms with Gasteiger partial charge in [0, 0.05) is 0 Å². The second-order valence-corrected chi connectivity index (χ2v) is 3.14. The van der Waals surface area contributed by atoms with E-state index in [-0.39, 0.29) is 0 Å². The molecular formula is C12H11. The SMILES string of the molecule is Cc1[c]ccc2cccc(C)c12. The van der Waals surface area contributed by atoms with Gasteiger partial charge in [-0.05, 0) is 41.8 Å². The Bertz CT molecular complexity index is 377. The van der Waals surface area contributed by atoms with Crippen LogP contribution in [-0.4, -0.2) is 0 Å². The van der Waals surface area contributed by atoms with Gasteiger partial charge in [0.1, 0.15) is 0 Å². The first-order valence-corrected chi connectivity index (χ1v) is 4.15. The minimum atomic E-state index is 1.24. The van der Waals surface area contributed by atoms with Crippen molar-refractivity contribution < 1.29 is 0 Å². The maximum Gasteiger partial charge on any atom is -0.0119 e. The predicted molar refractivity (Wildman–Crippen MR) is 52.3 cm³/mol. The summed E-state index contributed by atoms with van der Waals surface area (Å²) in [4.78, 5) is 0. The lowest BCUT2D eigenvalue weighted by Crippen LogP contribution is -1.81. The lowest BCUT2D eigenvalue weighted by molar-refractivity contribution is 1.46. The van der Waals surface area contributed by atoms with Gasteiger partial charge in [0.15, 0.2) is 0 Å². The lowest BCUT2D eigenvalue weighted by atomic mass is 10.0. The van der Waals surface area contributed by atoms with Gasteiger partial charge in [0.25, 0.3) is 0 Å². The molecule has 0 aliphatic heterocycles. The summed E-state index contributed by atoms with van der Waals surface area (Å²) in [6.45, 7) is 4.25. The monoisotopic (exact) mass is 155 g/mol. The molecule has 2 aromatic rings. The molecule has 0 unspecified atom stereocenters. The molecule has 0 atom stereocenters. The fourth-order valence-electron chi connectivity index (χ4n) is 1.67. The molecule has 0 amide bonds. The van der Waals surface area contributed by atoms with E-state index < -0.39 is 0 Å². The average Bonchev–Trinajstić information content (AvgIpc) is 2.04. The fourth-order valence-corrected chi connectivity index (χ4v) is 1.67. The van der Waals surface area contributed by atoms with Gasteiger partial charge in [0.2, 0.25) is 0 Å². The Morgan fingerprint density at radius 3 is 2.67 bits per heavy atom. The van der Waals surface area contributed by atoms with E-state index in [0.29, 0.717) is 0 Å². The summed E-state index contributed by atoms with van der Waals surface area (Å²) in [5.41, 5.74) is 2.58. The highest BCUT2D eigenvalue weighted by molar-refractivity contribution is 5.88. The first kappa shape index (κ1) is 7.35. The zero-order valence-electron chi connectivity index (χ0n) is 7.39. The van der Waals surface area contributed by atoms with Crippen molar-refractivity contribution in [3.05, 3.63) is 47.5 Å². The Balaban J connectivity index is 2.96. The summed E-state index contributed by atoms with van der Waals surface area (Å²) in [7, 11) is 0. The molecule has 0 fully saturated rings. The van der Waals surface area contributed by atoms with Crippen LogP contribution in [0, 0.1) is 19.9 Å². The number of rotatable bonds is 0. The van der Waals surface area contributed by atoms with Crippen molar-refractivity contribution in [2.75, 3.05) is 0 Å². The molecule has 2 rings (SSSR count). The zero-order chi connectivity index (χ0) is 8.55. The normalized spacial score (nSPS) is 10.5. The molecule has 0 N–H and O–H groups in total. The van der Waals surface area contributed by atoms with Gasteiger partial charge < -0.3 is 0 Å². The molecule has 0 heterocycles. The van der Waals surface area contributed by atoms with Crippen LogP contribution in [0.25, 0.3) is 10.8 Å². The minimum Gasteiger partial charge on any atom is -0.0614 e. The maximum atomic E-state index is 3.22. The van der Waals surface area contributed by atoms with Gasteiger partial charge in [-0.3, -0.25) is 0 Å². The van der Waals surface area contributed by atoms with Crippen LogP contribution in [0.15, 0.2) is 30.3 Å². The number of hydrogen-bond acceptors (Lipinski definition) is 0. The zero-order valence-corrected chi connectivity index (χ0v) is 7.39. The van der Waals surface area contributed by atoms with Gasteiger partial charge >= 0.3 is 0 Å². The maximum absolute atomic E-state index is 3.22. The third kappa shape index (κ3) is 1.00. The van der Waals surface area contributed by atoms with Crippen LogP contribution < -0.4 is 0 Å². The Morgan fingerprint density at radius 1 is 1.08 bits per heavy atom. The highest BCUT2D eigenvalue weighted by atomic mass is 14.0. The van der Waals surface area contributed by atoms with E-state index in [2.05, 4.69) is 44.2 Å². The van der Waals surface area contributed by atoms with E-state index in [0.717, 1.165) is 0 Å². The van der Waals surface area contributed by atoms with E-state index in [9.17, 15) is 0 Å². The molecule has 0 nitrogen and oxygen atoms in total. The van der Waals surface area contributed by atoms with Crippen molar-refractivity contribution in [1.29, 1.82) is 0 Å². The van der Waals surface area contributed by atoms with Gasteiger partial charge in [-0.1, -0.05) is 30.3 Å². The summed E-state index contributed by atoms with van der Waals surface area (Å²) in [5, 5.41) is 2.66. The molecule has 2 aromatic carbocycles. The summed E-state index contributed by atoms with van der Waals surface area (Å²) in [5.74, 6) is 0. The quantitative estimate of drug-likeness (QED) is 0.547. The van der Waals surface area contributed by atoms with Crippen molar-refractivity contribution in [2.45, 2.75) is 13.8 Å². The van der Waals surface area contributed by atoms with E-state index in [1.807, 2.05) is 6.07 Å². The van der Waals surface area contributed by atoms with Crippen LogP contribution in [0.3, 0.4) is 0 Å². The van der Waals surface area contributed by atoms with Crippen LogP contribution in [0.2, 0.25) is 0 Å². The second kappa shape index (κ2) is 2.63. The standard InChI is InChI=1S/C12H11/c1-9-5-3-7-11-8-4-6-10(2)12(9)11/h3-5,7-8H,1-2H3. The average molecular weight is 155 g/mol. The summed E-state index contributed by atoms with van der Waals surface area (Å²) in [6, 6.07) is 13.7. The summed E-state index contributed by atoms with van der Waals surface area (Å²) < 4.78 is 0. The Kier molecular flexibility index (Phi) is 1.61. The third-order valence-electron chi connectivity index (χ3n) is 2.24. The van der Waals surface area contributed by atoms with Gasteiger partial charge in [-0.15, -0.1) is 0 Å². The van der Waals surface area contributed by atoms with Crippen LogP contribution in [0.4, 0.5) is 0 Å². The van der Waals surface area contributed by atoms with Crippen LogP contribution in [0.5, 0.6) is 0 Å². The van der Waals surface area contributed by atoms with Crippen LogP contribution >= 0.6 is 0 Å². The van der Waals surface area contributed by atoms with Crippen molar-refractivity contribution in [3.63, 3.8) is 0 Å². The first-order valence-electron chi connectivity index (χ1n) is 4.15. The molecule has 0 bridgehead atoms. The Morgan fingerprint density at radius 2 is 1.92 bits per heavy atom. The van der Waals surface area contributed by atoms with E-state index in [1.54, 1.807) is 0 Å². The molecule has 12 heavy (non-hydrogen) atoms. The number of benzene rings is 2. The van der Waals surface area contributed by atoms with Gasteiger partial charge in [-0.2, -0.15) is 0 Å². The van der Waals surface area contributed by atoms with Gasteiger partial charge in [-0.25, -0.2) is 0 Å². The van der Waals surface area contributed by atoms with Crippen molar-refractivity contribution in [3.8, 4) is 0 Å². The van der Waals surface area contributed by atoms with E-state index in [4.69, 9.17) is 0 Å². The first-order chi connectivity index (χ1) is 5.79. The molecular weight excluding hydrogens is 144 g/mol. The largest absolute Gasteiger partial charge is 0.0614 e. The third-order valence-corrected chi connectivity index (χ3v) is 2.24. The molecule has 0 aliphatic rings. The van der Waals surface area contributed by atoms with E-state index >= 15 is 0 Å².